The normalized spacial score (nSPS) is 14.7. The van der Waals surface area contributed by atoms with Crippen LogP contribution in [0.3, 0.4) is 0 Å². The molecule has 1 amide bonds. The third kappa shape index (κ3) is 3.92. The number of carboxylic acids is 1. The average molecular weight is 187 g/mol. The van der Waals surface area contributed by atoms with E-state index in [1.54, 1.807) is 0 Å². The summed E-state index contributed by atoms with van der Waals surface area (Å²) in [4.78, 5) is 21.6. The molecule has 0 bridgehead atoms. The number of hydrogen-bond donors (Lipinski definition) is 2. The lowest BCUT2D eigenvalue weighted by Crippen LogP contribution is -2.51. The van der Waals surface area contributed by atoms with Gasteiger partial charge in [0, 0.05) is 6.92 Å². The van der Waals surface area contributed by atoms with Gasteiger partial charge >= 0.3 is 5.97 Å². The highest BCUT2D eigenvalue weighted by Gasteiger charge is 2.32. The largest absolute Gasteiger partial charge is 0.480 e. The van der Waals surface area contributed by atoms with Crippen LogP contribution in [0.1, 0.15) is 40.0 Å². The fourth-order valence-electron chi connectivity index (χ4n) is 1.14. The molecule has 0 spiro atoms. The van der Waals surface area contributed by atoms with Gasteiger partial charge in [-0.3, -0.25) is 4.79 Å². The molecule has 0 aromatic heterocycles. The first-order valence-corrected chi connectivity index (χ1v) is 4.44. The number of amides is 1. The zero-order chi connectivity index (χ0) is 10.5. The second-order valence-corrected chi connectivity index (χ2v) is 3.42. The zero-order valence-corrected chi connectivity index (χ0v) is 8.39. The summed E-state index contributed by atoms with van der Waals surface area (Å²) in [6.07, 6.45) is 2.18. The molecule has 1 atom stereocenters. The Morgan fingerprint density at radius 1 is 1.46 bits per heavy atom. The van der Waals surface area contributed by atoms with Crippen LogP contribution in [0, 0.1) is 0 Å². The molecule has 0 saturated carbocycles. The molecule has 0 aromatic rings. The molecule has 0 aliphatic rings. The SMILES string of the molecule is CCCCC(C)(NC(C)=O)C(=O)O. The third-order valence-electron chi connectivity index (χ3n) is 1.95. The number of aliphatic carboxylic acids is 1. The zero-order valence-electron chi connectivity index (χ0n) is 8.39. The van der Waals surface area contributed by atoms with Crippen molar-refractivity contribution in [3.05, 3.63) is 0 Å². The smallest absolute Gasteiger partial charge is 0.329 e. The topological polar surface area (TPSA) is 66.4 Å². The lowest BCUT2D eigenvalue weighted by atomic mass is 9.95. The number of nitrogens with one attached hydrogen (secondary N) is 1. The van der Waals surface area contributed by atoms with E-state index in [2.05, 4.69) is 5.32 Å². The summed E-state index contributed by atoms with van der Waals surface area (Å²) in [5.41, 5.74) is -1.11. The van der Waals surface area contributed by atoms with Gasteiger partial charge in [0.1, 0.15) is 5.54 Å². The minimum atomic E-state index is -1.11. The van der Waals surface area contributed by atoms with E-state index in [0.717, 1.165) is 12.8 Å². The quantitative estimate of drug-likeness (QED) is 0.678. The summed E-state index contributed by atoms with van der Waals surface area (Å²) in [5.74, 6) is -1.28. The Balaban J connectivity index is 4.34. The van der Waals surface area contributed by atoms with Crippen LogP contribution in [0.25, 0.3) is 0 Å². The minimum absolute atomic E-state index is 0.305. The first-order chi connectivity index (χ1) is 5.92. The van der Waals surface area contributed by atoms with Crippen molar-refractivity contribution in [2.75, 3.05) is 0 Å². The van der Waals surface area contributed by atoms with Gasteiger partial charge in [0.05, 0.1) is 0 Å². The molecule has 4 nitrogen and oxygen atoms in total. The molecular formula is C9H17NO3. The first-order valence-electron chi connectivity index (χ1n) is 4.44. The fourth-order valence-corrected chi connectivity index (χ4v) is 1.14. The Hall–Kier alpha value is -1.06. The van der Waals surface area contributed by atoms with Crippen LogP contribution in [0.4, 0.5) is 0 Å². The summed E-state index contributed by atoms with van der Waals surface area (Å²) in [6.45, 7) is 4.84. The maximum Gasteiger partial charge on any atom is 0.329 e. The molecule has 0 fully saturated rings. The van der Waals surface area contributed by atoms with Gasteiger partial charge in [-0.25, -0.2) is 4.79 Å². The molecule has 76 valence electrons. The number of carboxylic acid groups (broad SMARTS) is 1. The Morgan fingerprint density at radius 3 is 2.31 bits per heavy atom. The molecule has 0 rings (SSSR count). The van der Waals surface area contributed by atoms with Gasteiger partial charge in [0.25, 0.3) is 0 Å². The average Bonchev–Trinajstić information content (AvgIpc) is 1.99. The second-order valence-electron chi connectivity index (χ2n) is 3.42. The molecule has 1 unspecified atom stereocenters. The van der Waals surface area contributed by atoms with E-state index in [1.165, 1.54) is 13.8 Å². The number of hydrogen-bond acceptors (Lipinski definition) is 2. The summed E-state index contributed by atoms with van der Waals surface area (Å²) in [7, 11) is 0. The van der Waals surface area contributed by atoms with Crippen LogP contribution in [-0.2, 0) is 9.59 Å². The van der Waals surface area contributed by atoms with Gasteiger partial charge in [-0.1, -0.05) is 19.8 Å². The van der Waals surface area contributed by atoms with Gasteiger partial charge < -0.3 is 10.4 Å². The minimum Gasteiger partial charge on any atom is -0.480 e. The Morgan fingerprint density at radius 2 is 2.00 bits per heavy atom. The molecule has 13 heavy (non-hydrogen) atoms. The molecule has 2 N–H and O–H groups in total. The standard InChI is InChI=1S/C9H17NO3/c1-4-5-6-9(3,8(12)13)10-7(2)11/h4-6H2,1-3H3,(H,10,11)(H,12,13). The van der Waals surface area contributed by atoms with Crippen molar-refractivity contribution in [3.8, 4) is 0 Å². The van der Waals surface area contributed by atoms with Gasteiger partial charge in [-0.2, -0.15) is 0 Å². The van der Waals surface area contributed by atoms with E-state index in [-0.39, 0.29) is 5.91 Å². The van der Waals surface area contributed by atoms with Crippen LogP contribution < -0.4 is 5.32 Å². The lowest BCUT2D eigenvalue weighted by molar-refractivity contribution is -0.146. The van der Waals surface area contributed by atoms with Crippen LogP contribution in [0.5, 0.6) is 0 Å². The number of unbranched alkanes of at least 4 members (excludes halogenated alkanes) is 1. The van der Waals surface area contributed by atoms with E-state index in [1.807, 2.05) is 6.92 Å². The van der Waals surface area contributed by atoms with E-state index in [0.29, 0.717) is 6.42 Å². The molecule has 0 aromatic carbocycles. The number of carbonyl (C=O) groups is 2. The highest BCUT2D eigenvalue weighted by Crippen LogP contribution is 2.13. The van der Waals surface area contributed by atoms with Crippen molar-refractivity contribution in [1.82, 2.24) is 5.32 Å². The van der Waals surface area contributed by atoms with Gasteiger partial charge in [-0.05, 0) is 13.3 Å². The summed E-state index contributed by atoms with van der Waals surface area (Å²) < 4.78 is 0. The van der Waals surface area contributed by atoms with Crippen molar-refractivity contribution >= 4 is 11.9 Å². The Kier molecular flexibility index (Phi) is 4.45. The van der Waals surface area contributed by atoms with Crippen molar-refractivity contribution in [1.29, 1.82) is 0 Å². The van der Waals surface area contributed by atoms with E-state index < -0.39 is 11.5 Å². The number of carbonyl (C=O) groups excluding carboxylic acids is 1. The highest BCUT2D eigenvalue weighted by molar-refractivity contribution is 5.85. The Labute approximate surface area is 78.3 Å². The summed E-state index contributed by atoms with van der Waals surface area (Å²) >= 11 is 0. The van der Waals surface area contributed by atoms with Crippen LogP contribution in [0.15, 0.2) is 0 Å². The monoisotopic (exact) mass is 187 g/mol. The second kappa shape index (κ2) is 4.84. The van der Waals surface area contributed by atoms with Crippen LogP contribution in [0.2, 0.25) is 0 Å². The third-order valence-corrected chi connectivity index (χ3v) is 1.95. The molecule has 0 aliphatic heterocycles. The molecule has 0 heterocycles. The summed E-state index contributed by atoms with van der Waals surface area (Å²) in [6, 6.07) is 0. The maximum absolute atomic E-state index is 10.8. The molecule has 0 saturated heterocycles. The van der Waals surface area contributed by atoms with Crippen molar-refractivity contribution < 1.29 is 14.7 Å². The van der Waals surface area contributed by atoms with Gasteiger partial charge in [0.2, 0.25) is 5.91 Å². The predicted octanol–water partition coefficient (Wildman–Crippen LogP) is 1.16. The molecular weight excluding hydrogens is 170 g/mol. The van der Waals surface area contributed by atoms with Crippen LogP contribution >= 0.6 is 0 Å². The van der Waals surface area contributed by atoms with Crippen LogP contribution in [-0.4, -0.2) is 22.5 Å². The van der Waals surface area contributed by atoms with Gasteiger partial charge in [0.15, 0.2) is 0 Å². The van der Waals surface area contributed by atoms with E-state index in [4.69, 9.17) is 5.11 Å². The molecule has 0 aliphatic carbocycles. The first kappa shape index (κ1) is 11.9. The van der Waals surface area contributed by atoms with Crippen molar-refractivity contribution in [3.63, 3.8) is 0 Å². The number of rotatable bonds is 5. The summed E-state index contributed by atoms with van der Waals surface area (Å²) in [5, 5.41) is 11.3. The van der Waals surface area contributed by atoms with E-state index in [9.17, 15) is 9.59 Å². The molecule has 0 radical (unpaired) electrons. The maximum atomic E-state index is 10.8. The molecule has 4 heteroatoms. The van der Waals surface area contributed by atoms with E-state index >= 15 is 0 Å². The predicted molar refractivity (Wildman–Crippen MR) is 49.4 cm³/mol. The van der Waals surface area contributed by atoms with Crippen molar-refractivity contribution in [2.45, 2.75) is 45.6 Å². The highest BCUT2D eigenvalue weighted by atomic mass is 16.4. The lowest BCUT2D eigenvalue weighted by Gasteiger charge is -2.25. The van der Waals surface area contributed by atoms with Crippen molar-refractivity contribution in [2.24, 2.45) is 0 Å². The Bertz CT molecular complexity index is 203. The fraction of sp³-hybridized carbons (Fsp3) is 0.778. The van der Waals surface area contributed by atoms with Gasteiger partial charge in [-0.15, -0.1) is 0 Å².